The third-order valence-electron chi connectivity index (χ3n) is 14.9. The van der Waals surface area contributed by atoms with Gasteiger partial charge in [0.05, 0.1) is 10.1 Å². The number of carboxylic acid groups (broad SMARTS) is 1. The van der Waals surface area contributed by atoms with Crippen LogP contribution in [0.3, 0.4) is 0 Å². The molecule has 31 nitrogen and oxygen atoms in total. The van der Waals surface area contributed by atoms with Crippen molar-refractivity contribution in [2.75, 3.05) is 110 Å². The number of Topliss-reactive ketones (excluding diaryl/α,β-unsaturated/α-hetero) is 1. The molecule has 8 amide bonds. The number of alkyl halides is 1. The van der Waals surface area contributed by atoms with Crippen LogP contribution < -0.4 is 69.7 Å². The number of phenols is 1. The molecule has 1 radical (unpaired) electrons. The summed E-state index contributed by atoms with van der Waals surface area (Å²) in [5.41, 5.74) is 12.4. The summed E-state index contributed by atoms with van der Waals surface area (Å²) in [6.45, 7) is 1.10. The minimum absolute atomic E-state index is 0.00948. The molecule has 2 heterocycles. The Morgan fingerprint density at radius 3 is 1.95 bits per heavy atom. The average molecular weight is 1630 g/mol. The number of nitrogens with one attached hydrogen (secondary N) is 7. The number of halogens is 3. The Morgan fingerprint density at radius 2 is 1.32 bits per heavy atom. The Morgan fingerprint density at radius 1 is 0.731 bits per heavy atom. The zero-order valence-corrected chi connectivity index (χ0v) is 57.7. The van der Waals surface area contributed by atoms with Gasteiger partial charge in [-0.2, -0.15) is 0 Å². The normalized spacial score (nSPS) is 19.3. The van der Waals surface area contributed by atoms with Crippen LogP contribution in [0, 0.1) is 3.57 Å². The van der Waals surface area contributed by atoms with E-state index in [2.05, 4.69) is 42.2 Å². The van der Waals surface area contributed by atoms with Gasteiger partial charge >= 0.3 is 245 Å². The second-order valence-electron chi connectivity index (χ2n) is 21.8. The van der Waals surface area contributed by atoms with E-state index in [1.54, 1.807) is 40.8 Å². The standard InChI is InChI=1S/C58H79BI3N15O16/c1-73-45(9-5-14-65-48(82)28-49(83)71-53(47(81)29-62-59-61)72-51(85)31-74-16-17-75(32-52(86)87)19-21-77(34-93-36-79)23-22-76(20-18-74)33-92-35-78)56(90)69-42(8-4-15-66-58(63)64)55(89)70-43(26-37-10-12-39-6-2-3-7-40(39)24-37)54(88)67-30-50(84)68-44(57(73)91)27-38-11-13-46(80)41(60)25-38/h2-3,6-7,10-13,24-25,35-36,42-45,53,80H,4-5,8-9,14-23,26-34H2,1H3,(H,65,82)(H,67,88)(H,68,84)(H,69,90)(H,70,89)(H,71,83)(H,72,85)(H,86,87)(H4,63,64,66)/q-1/t42-,43-,44+,45+,53?/m0/s1. The van der Waals surface area contributed by atoms with E-state index in [-0.39, 0.29) is 127 Å². The van der Waals surface area contributed by atoms with Crippen molar-refractivity contribution in [1.29, 1.82) is 0 Å². The molecule has 2 aliphatic rings. The van der Waals surface area contributed by atoms with Gasteiger partial charge < -0.3 is 52.6 Å². The van der Waals surface area contributed by atoms with Crippen molar-refractivity contribution in [1.82, 2.24) is 61.7 Å². The maximum atomic E-state index is 14.8. The Kier molecular flexibility index (Phi) is 33.7. The number of hydrogen-bond donors (Lipinski definition) is 11. The first-order valence-electron chi connectivity index (χ1n) is 29.6. The van der Waals surface area contributed by atoms with Crippen molar-refractivity contribution >= 4 is 137 Å². The molecule has 3 aromatic carbocycles. The van der Waals surface area contributed by atoms with Crippen molar-refractivity contribution < 1.29 is 98.2 Å². The molecule has 5 rings (SSSR count). The number of nitrogens with two attached hydrogens (primary N) is 2. The number of hydrogen-bond acceptors (Lipinski definition) is 20. The molecule has 2 fully saturated rings. The number of ketones is 1. The third-order valence-corrected chi connectivity index (χ3v) is 19.5. The second kappa shape index (κ2) is 40.9. The maximum absolute atomic E-state index is 14.8. The van der Waals surface area contributed by atoms with Gasteiger partial charge in [-0.3, -0.25) is 48.2 Å². The van der Waals surface area contributed by atoms with E-state index in [0.717, 1.165) is 15.7 Å². The van der Waals surface area contributed by atoms with Gasteiger partial charge in [-0.05, 0) is 69.5 Å². The molecule has 0 aromatic heterocycles. The Hall–Kier alpha value is -7.08. The second-order valence-corrected chi connectivity index (χ2v) is 28.2. The number of aliphatic carboxylic acids is 1. The monoisotopic (exact) mass is 1630 g/mol. The summed E-state index contributed by atoms with van der Waals surface area (Å²) in [4.78, 5) is 172. The molecule has 1 unspecified atom stereocenters. The summed E-state index contributed by atoms with van der Waals surface area (Å²) in [6, 6.07) is 12.3. The van der Waals surface area contributed by atoms with E-state index in [9.17, 15) is 67.7 Å². The van der Waals surface area contributed by atoms with Gasteiger partial charge in [-0.15, -0.1) is 0 Å². The van der Waals surface area contributed by atoms with Gasteiger partial charge in [0.2, 0.25) is 29.5 Å². The summed E-state index contributed by atoms with van der Waals surface area (Å²) < 4.78 is 12.2. The number of likely N-dealkylation sites (N-methyl/N-ethyl adjacent to an activating group) is 1. The zero-order valence-electron chi connectivity index (χ0n) is 51.2. The molecule has 2 aliphatic heterocycles. The van der Waals surface area contributed by atoms with E-state index in [4.69, 9.17) is 20.9 Å². The van der Waals surface area contributed by atoms with Crippen LogP contribution in [-0.2, 0) is 79.8 Å². The third kappa shape index (κ3) is 27.8. The van der Waals surface area contributed by atoms with Crippen molar-refractivity contribution in [2.24, 2.45) is 16.5 Å². The molecule has 0 aliphatic carbocycles. The van der Waals surface area contributed by atoms with Crippen LogP contribution in [0.15, 0.2) is 65.7 Å². The van der Waals surface area contributed by atoms with E-state index >= 15 is 0 Å². The molecular weight excluding hydrogens is 1550 g/mol. The van der Waals surface area contributed by atoms with E-state index in [1.165, 1.54) is 13.1 Å². The predicted octanol–water partition coefficient (Wildman–Crippen LogP) is -6.56. The number of aromatic hydroxyl groups is 1. The van der Waals surface area contributed by atoms with Gasteiger partial charge in [0, 0.05) is 26.4 Å². The molecule has 13 N–H and O–H groups in total. The fourth-order valence-corrected chi connectivity index (χ4v) is 12.8. The first kappa shape index (κ1) is 76.6. The predicted molar refractivity (Wildman–Crippen MR) is 352 cm³/mol. The molecule has 5 atom stereocenters. The summed E-state index contributed by atoms with van der Waals surface area (Å²) >= 11 is 3.11. The first-order valence-corrected chi connectivity index (χ1v) is 34.7. The van der Waals surface area contributed by atoms with Crippen LogP contribution in [0.2, 0.25) is 0 Å². The van der Waals surface area contributed by atoms with Crippen LogP contribution in [-0.4, -0.2) is 256 Å². The number of rotatable bonds is 30. The SMILES string of the molecule is CN1C(=O)[C@@H](Cc2ccc(O)c(I)c2)NC(=O)CNC(=O)[C@H](Cc2ccc3ccccc3c2)NC(=O)[C@H](CCCN=C(N)N)NC(=O)[C@H]1CCCNC(=O)CC(=O)NC(NC(=O)CN1CCN(COC=O)CCN(COC=O)CCN(CC(=O)O)CC1)C(=O)C[I-][B]I. The van der Waals surface area contributed by atoms with Crippen molar-refractivity contribution in [3.63, 3.8) is 0 Å². The molecule has 35 heteroatoms. The number of ether oxygens (including phenoxy) is 2. The summed E-state index contributed by atoms with van der Waals surface area (Å²) in [5, 5.41) is 40.3. The number of fused-ring (bicyclic) bond motifs is 1. The topological polar surface area (TPSA) is 429 Å². The van der Waals surface area contributed by atoms with Gasteiger partial charge in [0.15, 0.2) is 5.96 Å². The summed E-state index contributed by atoms with van der Waals surface area (Å²) in [7, 11) is 1.33. The molecule has 0 saturated carbocycles. The van der Waals surface area contributed by atoms with Gasteiger partial charge in [-0.1, -0.05) is 48.5 Å². The van der Waals surface area contributed by atoms with E-state index in [0.29, 0.717) is 47.3 Å². The van der Waals surface area contributed by atoms with Gasteiger partial charge in [-0.25, -0.2) is 0 Å². The van der Waals surface area contributed by atoms with E-state index < -0.39 is 123 Å². The van der Waals surface area contributed by atoms with Gasteiger partial charge in [0.1, 0.15) is 30.6 Å². The van der Waals surface area contributed by atoms with Crippen LogP contribution in [0.5, 0.6) is 5.75 Å². The van der Waals surface area contributed by atoms with Crippen LogP contribution in [0.25, 0.3) is 10.8 Å². The number of carbonyl (C=O) groups excluding carboxylic acids is 11. The van der Waals surface area contributed by atoms with Crippen LogP contribution >= 0.6 is 45.0 Å². The van der Waals surface area contributed by atoms with Crippen LogP contribution in [0.4, 0.5) is 0 Å². The van der Waals surface area contributed by atoms with E-state index in [1.807, 2.05) is 81.4 Å². The fraction of sp³-hybridized carbons (Fsp3) is 0.500. The average Bonchev–Trinajstić information content (AvgIpc) is 2.71. The van der Waals surface area contributed by atoms with Gasteiger partial charge in [0.25, 0.3) is 12.9 Å². The number of carboxylic acids is 1. The quantitative estimate of drug-likeness (QED) is 0.00340. The Bertz CT molecular complexity index is 3120. The number of aliphatic imine (C=N–C) groups is 1. The molecule has 93 heavy (non-hydrogen) atoms. The number of phenolic OH excluding ortho intramolecular Hbond substituents is 1. The van der Waals surface area contributed by atoms with Crippen molar-refractivity contribution in [3.8, 4) is 5.75 Å². The molecule has 507 valence electrons. The van der Waals surface area contributed by atoms with Crippen LogP contribution in [0.1, 0.15) is 43.2 Å². The first-order chi connectivity index (χ1) is 44.5. The number of nitrogens with zero attached hydrogens (tertiary/aromatic N) is 6. The minimum atomic E-state index is -1.55. The molecule has 3 aromatic rings. The zero-order chi connectivity index (χ0) is 67.8. The Labute approximate surface area is 575 Å². The Balaban J connectivity index is 1.32. The number of guanidine groups is 1. The summed E-state index contributed by atoms with van der Waals surface area (Å²) in [6.07, 6.45) is -2.59. The molecule has 2 saturated heterocycles. The van der Waals surface area contributed by atoms with Crippen molar-refractivity contribution in [3.05, 3.63) is 75.4 Å². The molecule has 0 spiro atoms. The fourth-order valence-electron chi connectivity index (χ4n) is 10.0. The molecular formula is C58H79BI3N15O16-. The molecule has 0 bridgehead atoms. The number of amides is 8. The number of benzene rings is 3. The van der Waals surface area contributed by atoms with Crippen molar-refractivity contribution in [2.45, 2.75) is 75.3 Å². The number of carbonyl (C=O) groups is 12. The summed E-state index contributed by atoms with van der Waals surface area (Å²) in [5.74, 6) is -8.15.